The van der Waals surface area contributed by atoms with E-state index in [-0.39, 0.29) is 24.1 Å². The molecule has 3 rings (SSSR count). The fourth-order valence-electron chi connectivity index (χ4n) is 3.54. The lowest BCUT2D eigenvalue weighted by molar-refractivity contribution is -0.136. The SMILES string of the molecule is COCCCN1C(=O)C(Nc2cccc(C)c2C)=C(c2ccc(OC)c(OC)c2)C1=O. The molecule has 0 bridgehead atoms. The van der Waals surface area contributed by atoms with Crippen molar-refractivity contribution in [1.29, 1.82) is 0 Å². The van der Waals surface area contributed by atoms with Crippen LogP contribution in [0.25, 0.3) is 5.57 Å². The molecule has 2 aromatic carbocycles. The largest absolute Gasteiger partial charge is 0.493 e. The first-order chi connectivity index (χ1) is 14.9. The topological polar surface area (TPSA) is 77.1 Å². The van der Waals surface area contributed by atoms with Gasteiger partial charge in [0.25, 0.3) is 11.8 Å². The van der Waals surface area contributed by atoms with Gasteiger partial charge >= 0.3 is 0 Å². The van der Waals surface area contributed by atoms with E-state index in [4.69, 9.17) is 14.2 Å². The zero-order chi connectivity index (χ0) is 22.5. The quantitative estimate of drug-likeness (QED) is 0.490. The van der Waals surface area contributed by atoms with E-state index in [0.717, 1.165) is 16.8 Å². The van der Waals surface area contributed by atoms with Crippen LogP contribution in [0.2, 0.25) is 0 Å². The number of rotatable bonds is 9. The second-order valence-corrected chi connectivity index (χ2v) is 7.30. The van der Waals surface area contributed by atoms with Crippen molar-refractivity contribution < 1.29 is 23.8 Å². The summed E-state index contributed by atoms with van der Waals surface area (Å²) in [5.74, 6) is 0.328. The summed E-state index contributed by atoms with van der Waals surface area (Å²) in [5.41, 5.74) is 4.03. The number of imide groups is 1. The molecular weight excluding hydrogens is 396 g/mol. The first-order valence-corrected chi connectivity index (χ1v) is 10.1. The monoisotopic (exact) mass is 424 g/mol. The standard InChI is InChI=1S/C24H28N2O5/c1-15-8-6-9-18(16(15)2)25-22-21(17-10-11-19(30-4)20(14-17)31-5)23(27)26(24(22)28)12-7-13-29-3/h6,8-11,14,25H,7,12-13H2,1-5H3. The van der Waals surface area contributed by atoms with Gasteiger partial charge in [-0.2, -0.15) is 0 Å². The minimum atomic E-state index is -0.355. The van der Waals surface area contributed by atoms with Crippen molar-refractivity contribution in [3.8, 4) is 11.5 Å². The Kier molecular flexibility index (Phi) is 6.97. The molecule has 0 radical (unpaired) electrons. The minimum absolute atomic E-state index is 0.253. The number of nitrogens with one attached hydrogen (secondary N) is 1. The van der Waals surface area contributed by atoms with Crippen molar-refractivity contribution in [1.82, 2.24) is 4.90 Å². The molecule has 7 nitrogen and oxygen atoms in total. The molecule has 31 heavy (non-hydrogen) atoms. The first-order valence-electron chi connectivity index (χ1n) is 10.1. The fourth-order valence-corrected chi connectivity index (χ4v) is 3.54. The molecule has 0 saturated heterocycles. The summed E-state index contributed by atoms with van der Waals surface area (Å²) >= 11 is 0. The van der Waals surface area contributed by atoms with Gasteiger partial charge in [-0.05, 0) is 55.2 Å². The molecule has 0 saturated carbocycles. The number of anilines is 1. The molecule has 1 aliphatic heterocycles. The lowest BCUT2D eigenvalue weighted by atomic mass is 10.0. The number of ether oxygens (including phenoxy) is 3. The van der Waals surface area contributed by atoms with E-state index in [1.807, 2.05) is 32.0 Å². The molecule has 0 aliphatic carbocycles. The zero-order valence-corrected chi connectivity index (χ0v) is 18.6. The van der Waals surface area contributed by atoms with Gasteiger partial charge in [-0.1, -0.05) is 18.2 Å². The number of carbonyl (C=O) groups excluding carboxylic acids is 2. The van der Waals surface area contributed by atoms with Gasteiger partial charge in [0.2, 0.25) is 0 Å². The lowest BCUT2D eigenvalue weighted by Gasteiger charge is -2.15. The van der Waals surface area contributed by atoms with Crippen molar-refractivity contribution in [2.24, 2.45) is 0 Å². The Balaban J connectivity index is 2.09. The van der Waals surface area contributed by atoms with Crippen LogP contribution in [0.15, 0.2) is 42.1 Å². The summed E-state index contributed by atoms with van der Waals surface area (Å²) < 4.78 is 15.8. The maximum atomic E-state index is 13.3. The van der Waals surface area contributed by atoms with Crippen LogP contribution in [0, 0.1) is 13.8 Å². The van der Waals surface area contributed by atoms with Gasteiger partial charge in [0.05, 0.1) is 19.8 Å². The predicted octanol–water partition coefficient (Wildman–Crippen LogP) is 3.55. The van der Waals surface area contributed by atoms with E-state index >= 15 is 0 Å². The Morgan fingerprint density at radius 2 is 1.68 bits per heavy atom. The Hall–Kier alpha value is -3.32. The Morgan fingerprint density at radius 3 is 2.35 bits per heavy atom. The number of nitrogens with zero attached hydrogens (tertiary/aromatic N) is 1. The van der Waals surface area contributed by atoms with Crippen LogP contribution in [0.3, 0.4) is 0 Å². The van der Waals surface area contributed by atoms with Crippen molar-refractivity contribution in [2.75, 3.05) is 39.8 Å². The molecular formula is C24H28N2O5. The predicted molar refractivity (Wildman–Crippen MR) is 119 cm³/mol. The summed E-state index contributed by atoms with van der Waals surface area (Å²) in [6.07, 6.45) is 0.559. The molecule has 7 heteroatoms. The molecule has 164 valence electrons. The van der Waals surface area contributed by atoms with Crippen molar-refractivity contribution in [3.05, 3.63) is 58.8 Å². The maximum absolute atomic E-state index is 13.3. The number of aryl methyl sites for hydroxylation is 1. The van der Waals surface area contributed by atoms with Crippen LogP contribution in [0.4, 0.5) is 5.69 Å². The van der Waals surface area contributed by atoms with E-state index in [2.05, 4.69) is 5.32 Å². The van der Waals surface area contributed by atoms with Crippen LogP contribution in [0.1, 0.15) is 23.1 Å². The number of methoxy groups -OCH3 is 3. The lowest BCUT2D eigenvalue weighted by Crippen LogP contribution is -2.34. The van der Waals surface area contributed by atoms with Crippen LogP contribution in [-0.2, 0) is 14.3 Å². The number of hydrogen-bond donors (Lipinski definition) is 1. The molecule has 2 amide bonds. The summed E-state index contributed by atoms with van der Waals surface area (Å²) in [4.78, 5) is 27.8. The van der Waals surface area contributed by atoms with Gasteiger partial charge in [-0.25, -0.2) is 0 Å². The van der Waals surface area contributed by atoms with Gasteiger partial charge < -0.3 is 19.5 Å². The number of amides is 2. The number of carbonyl (C=O) groups is 2. The van der Waals surface area contributed by atoms with Gasteiger partial charge in [-0.15, -0.1) is 0 Å². The smallest absolute Gasteiger partial charge is 0.278 e. The highest BCUT2D eigenvalue weighted by molar-refractivity contribution is 6.36. The summed E-state index contributed by atoms with van der Waals surface area (Å²) in [5, 5.41) is 3.23. The van der Waals surface area contributed by atoms with Crippen molar-refractivity contribution in [2.45, 2.75) is 20.3 Å². The molecule has 0 fully saturated rings. The van der Waals surface area contributed by atoms with E-state index in [1.54, 1.807) is 32.4 Å². The molecule has 0 aromatic heterocycles. The van der Waals surface area contributed by atoms with E-state index in [1.165, 1.54) is 12.0 Å². The molecule has 2 aromatic rings. The third-order valence-electron chi connectivity index (χ3n) is 5.43. The fraction of sp³-hybridized carbons (Fsp3) is 0.333. The molecule has 1 heterocycles. The molecule has 1 N–H and O–H groups in total. The molecule has 1 aliphatic rings. The third kappa shape index (κ3) is 4.41. The molecule has 0 unspecified atom stereocenters. The van der Waals surface area contributed by atoms with Crippen molar-refractivity contribution in [3.63, 3.8) is 0 Å². The van der Waals surface area contributed by atoms with Crippen LogP contribution < -0.4 is 14.8 Å². The van der Waals surface area contributed by atoms with Crippen LogP contribution in [0.5, 0.6) is 11.5 Å². The van der Waals surface area contributed by atoms with Gasteiger partial charge in [0.1, 0.15) is 5.70 Å². The summed E-state index contributed by atoms with van der Waals surface area (Å²) in [6, 6.07) is 11.0. The molecule has 0 atom stereocenters. The first kappa shape index (κ1) is 22.4. The second kappa shape index (κ2) is 9.66. The Labute approximate surface area is 182 Å². The van der Waals surface area contributed by atoms with Gasteiger partial charge in [0.15, 0.2) is 11.5 Å². The maximum Gasteiger partial charge on any atom is 0.278 e. The third-order valence-corrected chi connectivity index (χ3v) is 5.43. The second-order valence-electron chi connectivity index (χ2n) is 7.30. The van der Waals surface area contributed by atoms with E-state index in [9.17, 15) is 9.59 Å². The van der Waals surface area contributed by atoms with Crippen molar-refractivity contribution >= 4 is 23.1 Å². The van der Waals surface area contributed by atoms with Crippen LogP contribution in [-0.4, -0.2) is 51.2 Å². The summed E-state index contributed by atoms with van der Waals surface area (Å²) in [7, 11) is 4.67. The number of hydrogen-bond acceptors (Lipinski definition) is 6. The normalized spacial score (nSPS) is 13.8. The Morgan fingerprint density at radius 1 is 0.935 bits per heavy atom. The van der Waals surface area contributed by atoms with Gasteiger partial charge in [-0.3, -0.25) is 14.5 Å². The highest BCUT2D eigenvalue weighted by atomic mass is 16.5. The summed E-state index contributed by atoms with van der Waals surface area (Å²) in [6.45, 7) is 4.72. The van der Waals surface area contributed by atoms with Gasteiger partial charge in [0, 0.05) is 25.9 Å². The average Bonchev–Trinajstić information content (AvgIpc) is 3.00. The highest BCUT2D eigenvalue weighted by Gasteiger charge is 2.39. The highest BCUT2D eigenvalue weighted by Crippen LogP contribution is 2.36. The number of benzene rings is 2. The van der Waals surface area contributed by atoms with E-state index in [0.29, 0.717) is 35.7 Å². The molecule has 0 spiro atoms. The zero-order valence-electron chi connectivity index (χ0n) is 18.6. The average molecular weight is 424 g/mol. The van der Waals surface area contributed by atoms with E-state index < -0.39 is 0 Å². The Bertz CT molecular complexity index is 1030. The minimum Gasteiger partial charge on any atom is -0.493 e. The van der Waals surface area contributed by atoms with Crippen LogP contribution >= 0.6 is 0 Å².